The molecule has 0 aromatic carbocycles. The Morgan fingerprint density at radius 2 is 1.56 bits per heavy atom. The molecule has 0 bridgehead atoms. The summed E-state index contributed by atoms with van der Waals surface area (Å²) in [4.78, 5) is 74.2. The van der Waals surface area contributed by atoms with Crippen molar-refractivity contribution >= 4 is 45.2 Å². The van der Waals surface area contributed by atoms with Gasteiger partial charge in [0.15, 0.2) is 0 Å². The Hall–Kier alpha value is -3.08. The number of piperazine rings is 1. The molecule has 0 atom stereocenters. The number of aromatic nitrogens is 2. The first-order valence-electron chi connectivity index (χ1n) is 10.6. The summed E-state index contributed by atoms with van der Waals surface area (Å²) in [6.07, 6.45) is 0.862. The highest BCUT2D eigenvalue weighted by molar-refractivity contribution is 7.18. The molecule has 2 aliphatic rings. The van der Waals surface area contributed by atoms with Gasteiger partial charge in [0.1, 0.15) is 17.2 Å². The van der Waals surface area contributed by atoms with Crippen molar-refractivity contribution in [2.24, 2.45) is 0 Å². The molecule has 0 radical (unpaired) electrons. The van der Waals surface area contributed by atoms with Crippen LogP contribution >= 0.6 is 11.3 Å². The van der Waals surface area contributed by atoms with Crippen molar-refractivity contribution < 1.29 is 19.2 Å². The van der Waals surface area contributed by atoms with Crippen LogP contribution < -0.4 is 5.56 Å². The van der Waals surface area contributed by atoms with Gasteiger partial charge in [-0.15, -0.1) is 11.3 Å². The topological polar surface area (TPSA) is 124 Å². The predicted molar refractivity (Wildman–Crippen MR) is 117 cm³/mol. The number of hydrogen-bond acceptors (Lipinski definition) is 7. The fourth-order valence-corrected chi connectivity index (χ4v) is 5.09. The number of nitrogens with zero attached hydrogens (tertiary/aromatic N) is 4. The molecular formula is C21H25N5O5S. The number of H-pyrrole nitrogens is 1. The van der Waals surface area contributed by atoms with Crippen LogP contribution in [-0.4, -0.2) is 81.0 Å². The lowest BCUT2D eigenvalue weighted by Crippen LogP contribution is -2.53. The van der Waals surface area contributed by atoms with E-state index in [1.165, 1.54) is 11.3 Å². The molecule has 4 rings (SSSR count). The summed E-state index contributed by atoms with van der Waals surface area (Å²) in [5.41, 5.74) is 0.758. The molecule has 0 spiro atoms. The number of carbonyl (C=O) groups is 4. The molecule has 2 fully saturated rings. The molecule has 170 valence electrons. The second-order valence-corrected chi connectivity index (χ2v) is 9.31. The summed E-state index contributed by atoms with van der Waals surface area (Å²) >= 11 is 1.47. The average molecular weight is 460 g/mol. The molecule has 2 aromatic rings. The number of hydrogen-bond donors (Lipinski definition) is 1. The van der Waals surface area contributed by atoms with Gasteiger partial charge in [0, 0.05) is 56.7 Å². The smallest absolute Gasteiger partial charge is 0.259 e. The van der Waals surface area contributed by atoms with Crippen LogP contribution in [0.25, 0.3) is 10.2 Å². The molecule has 2 saturated heterocycles. The number of imide groups is 1. The third-order valence-electron chi connectivity index (χ3n) is 6.10. The highest BCUT2D eigenvalue weighted by atomic mass is 32.1. The third-order valence-corrected chi connectivity index (χ3v) is 7.20. The van der Waals surface area contributed by atoms with Crippen molar-refractivity contribution in [2.75, 3.05) is 32.7 Å². The third kappa shape index (κ3) is 4.29. The molecule has 4 amide bonds. The first-order chi connectivity index (χ1) is 15.2. The van der Waals surface area contributed by atoms with E-state index >= 15 is 0 Å². The van der Waals surface area contributed by atoms with E-state index in [-0.39, 0.29) is 55.0 Å². The highest BCUT2D eigenvalue weighted by Crippen LogP contribution is 2.25. The molecule has 0 unspecified atom stereocenters. The summed E-state index contributed by atoms with van der Waals surface area (Å²) in [5.74, 6) is -0.476. The molecule has 0 saturated carbocycles. The van der Waals surface area contributed by atoms with Crippen LogP contribution in [0.3, 0.4) is 0 Å². The number of fused-ring (bicyclic) bond motifs is 1. The van der Waals surface area contributed by atoms with E-state index in [0.29, 0.717) is 48.6 Å². The van der Waals surface area contributed by atoms with Crippen LogP contribution in [-0.2, 0) is 25.6 Å². The van der Waals surface area contributed by atoms with Crippen LogP contribution in [0, 0.1) is 13.8 Å². The Labute approximate surface area is 188 Å². The Morgan fingerprint density at radius 3 is 2.19 bits per heavy atom. The molecule has 2 aromatic heterocycles. The summed E-state index contributed by atoms with van der Waals surface area (Å²) < 4.78 is 0. The monoisotopic (exact) mass is 459 g/mol. The van der Waals surface area contributed by atoms with E-state index in [4.69, 9.17) is 0 Å². The number of aromatic amines is 1. The second-order valence-electron chi connectivity index (χ2n) is 8.11. The van der Waals surface area contributed by atoms with Crippen LogP contribution in [0.5, 0.6) is 0 Å². The lowest BCUT2D eigenvalue weighted by atomic mass is 10.2. The van der Waals surface area contributed by atoms with Crippen LogP contribution in [0.1, 0.15) is 35.5 Å². The lowest BCUT2D eigenvalue weighted by Gasteiger charge is -2.35. The van der Waals surface area contributed by atoms with Crippen molar-refractivity contribution in [2.45, 2.75) is 39.5 Å². The molecule has 4 heterocycles. The van der Waals surface area contributed by atoms with Crippen LogP contribution in [0.15, 0.2) is 4.79 Å². The number of amides is 4. The summed E-state index contributed by atoms with van der Waals surface area (Å²) in [6, 6.07) is 0. The van der Waals surface area contributed by atoms with E-state index in [1.807, 2.05) is 13.8 Å². The van der Waals surface area contributed by atoms with Gasteiger partial charge >= 0.3 is 0 Å². The molecule has 11 heteroatoms. The Bertz CT molecular complexity index is 1150. The Balaban J connectivity index is 1.29. The van der Waals surface area contributed by atoms with E-state index < -0.39 is 0 Å². The normalized spacial score (nSPS) is 17.0. The summed E-state index contributed by atoms with van der Waals surface area (Å²) in [7, 11) is 0. The number of rotatable bonds is 5. The zero-order valence-corrected chi connectivity index (χ0v) is 18.9. The largest absolute Gasteiger partial charge is 0.339 e. The Morgan fingerprint density at radius 1 is 0.969 bits per heavy atom. The van der Waals surface area contributed by atoms with Gasteiger partial charge in [-0.3, -0.25) is 28.9 Å². The van der Waals surface area contributed by atoms with E-state index in [1.54, 1.807) is 9.80 Å². The maximum atomic E-state index is 12.6. The minimum atomic E-state index is -0.310. The van der Waals surface area contributed by atoms with Crippen molar-refractivity contribution in [1.29, 1.82) is 0 Å². The fraction of sp³-hybridized carbons (Fsp3) is 0.524. The number of nitrogens with one attached hydrogen (secondary N) is 1. The minimum Gasteiger partial charge on any atom is -0.339 e. The van der Waals surface area contributed by atoms with Gasteiger partial charge in [-0.1, -0.05) is 0 Å². The number of likely N-dealkylation sites (tertiary alicyclic amines) is 1. The predicted octanol–water partition coefficient (Wildman–Crippen LogP) is 0.354. The van der Waals surface area contributed by atoms with Gasteiger partial charge in [-0.2, -0.15) is 0 Å². The van der Waals surface area contributed by atoms with E-state index in [2.05, 4.69) is 9.97 Å². The highest BCUT2D eigenvalue weighted by Gasteiger charge is 2.33. The summed E-state index contributed by atoms with van der Waals surface area (Å²) in [6.45, 7) is 5.12. The molecule has 2 aliphatic heterocycles. The van der Waals surface area contributed by atoms with Gasteiger partial charge in [0.25, 0.3) is 5.56 Å². The van der Waals surface area contributed by atoms with Gasteiger partial charge in [0.05, 0.1) is 5.39 Å². The first-order valence-corrected chi connectivity index (χ1v) is 11.4. The number of aryl methyl sites for hydroxylation is 3. The average Bonchev–Trinajstić information content (AvgIpc) is 3.24. The van der Waals surface area contributed by atoms with E-state index in [0.717, 1.165) is 15.3 Å². The van der Waals surface area contributed by atoms with Gasteiger partial charge in [0.2, 0.25) is 23.6 Å². The molecule has 0 aliphatic carbocycles. The van der Waals surface area contributed by atoms with Crippen LogP contribution in [0.4, 0.5) is 0 Å². The van der Waals surface area contributed by atoms with Gasteiger partial charge in [-0.05, 0) is 19.4 Å². The SMILES string of the molecule is Cc1sc2nc(CCC(=O)N3CCN(C(=O)CN4C(=O)CCC4=O)CC3)[nH]c(=O)c2c1C. The van der Waals surface area contributed by atoms with Crippen molar-refractivity contribution in [3.8, 4) is 0 Å². The lowest BCUT2D eigenvalue weighted by molar-refractivity contribution is -0.147. The maximum absolute atomic E-state index is 12.6. The zero-order chi connectivity index (χ0) is 23.0. The summed E-state index contributed by atoms with van der Waals surface area (Å²) in [5, 5.41) is 0.612. The first kappa shape index (κ1) is 22.1. The zero-order valence-electron chi connectivity index (χ0n) is 18.1. The van der Waals surface area contributed by atoms with Crippen molar-refractivity contribution in [3.05, 3.63) is 26.6 Å². The molecular weight excluding hydrogens is 434 g/mol. The fourth-order valence-electron chi connectivity index (χ4n) is 4.04. The van der Waals surface area contributed by atoms with Gasteiger partial charge < -0.3 is 14.8 Å². The molecule has 10 nitrogen and oxygen atoms in total. The standard InChI is InChI=1S/C21H25N5O5S/c1-12-13(2)32-21-19(12)20(31)22-14(23-21)3-4-15(27)24-7-9-25(10-8-24)18(30)11-26-16(28)5-6-17(26)29/h3-11H2,1-2H3,(H,22,23,31). The van der Waals surface area contributed by atoms with Crippen molar-refractivity contribution in [3.63, 3.8) is 0 Å². The quantitative estimate of drug-likeness (QED) is 0.644. The van der Waals surface area contributed by atoms with Crippen LogP contribution in [0.2, 0.25) is 0 Å². The van der Waals surface area contributed by atoms with E-state index in [9.17, 15) is 24.0 Å². The number of thiophene rings is 1. The van der Waals surface area contributed by atoms with Gasteiger partial charge in [-0.25, -0.2) is 4.98 Å². The molecule has 1 N–H and O–H groups in total. The Kier molecular flexibility index (Phi) is 6.09. The minimum absolute atomic E-state index is 0.0664. The van der Waals surface area contributed by atoms with Crippen molar-refractivity contribution in [1.82, 2.24) is 24.7 Å². The maximum Gasteiger partial charge on any atom is 0.259 e. The second kappa shape index (κ2) is 8.81. The number of carbonyl (C=O) groups excluding carboxylic acids is 4. The molecule has 32 heavy (non-hydrogen) atoms.